The molecule has 6 heteroatoms. The summed E-state index contributed by atoms with van der Waals surface area (Å²) in [5.74, 6) is -0.538. The summed E-state index contributed by atoms with van der Waals surface area (Å²) < 4.78 is 4.79. The van der Waals surface area contributed by atoms with E-state index >= 15 is 0 Å². The summed E-state index contributed by atoms with van der Waals surface area (Å²) in [5.41, 5.74) is 7.36. The fraction of sp³-hybridized carbons (Fsp3) is 0.133. The number of ether oxygens (including phenoxy) is 1. The van der Waals surface area contributed by atoms with Gasteiger partial charge >= 0.3 is 5.97 Å². The van der Waals surface area contributed by atoms with Crippen LogP contribution >= 0.6 is 11.6 Å². The van der Waals surface area contributed by atoms with Crippen LogP contribution in [0, 0.1) is 18.3 Å². The Balaban J connectivity index is 2.94. The molecule has 0 radical (unpaired) electrons. The summed E-state index contributed by atoms with van der Waals surface area (Å²) in [6, 6.07) is 8.88. The maximum absolute atomic E-state index is 12.1. The van der Waals surface area contributed by atoms with Gasteiger partial charge in [-0.1, -0.05) is 29.8 Å². The third kappa shape index (κ3) is 2.54. The molecule has 1 aromatic carbocycles. The van der Waals surface area contributed by atoms with E-state index in [1.165, 1.54) is 7.11 Å². The number of nitrogens with two attached hydrogens (primary N) is 1. The minimum Gasteiger partial charge on any atom is -0.465 e. The summed E-state index contributed by atoms with van der Waals surface area (Å²) in [4.78, 5) is 16.1. The van der Waals surface area contributed by atoms with Gasteiger partial charge in [-0.3, -0.25) is 0 Å². The van der Waals surface area contributed by atoms with Gasteiger partial charge in [0.1, 0.15) is 17.5 Å². The first-order valence-electron chi connectivity index (χ1n) is 6.04. The van der Waals surface area contributed by atoms with Crippen molar-refractivity contribution in [3.8, 4) is 17.2 Å². The van der Waals surface area contributed by atoms with Crippen LogP contribution in [0.4, 0.5) is 5.82 Å². The van der Waals surface area contributed by atoms with Gasteiger partial charge in [-0.2, -0.15) is 5.26 Å². The maximum atomic E-state index is 12.1. The van der Waals surface area contributed by atoms with Crippen LogP contribution in [0.2, 0.25) is 5.02 Å². The van der Waals surface area contributed by atoms with E-state index in [4.69, 9.17) is 22.1 Å². The van der Waals surface area contributed by atoms with Crippen molar-refractivity contribution < 1.29 is 9.53 Å². The second-order valence-corrected chi connectivity index (χ2v) is 4.70. The molecule has 5 nitrogen and oxygen atoms in total. The van der Waals surface area contributed by atoms with Crippen LogP contribution in [0.1, 0.15) is 21.6 Å². The normalized spacial score (nSPS) is 10.0. The van der Waals surface area contributed by atoms with E-state index in [2.05, 4.69) is 4.98 Å². The average molecular weight is 302 g/mol. The Morgan fingerprint density at radius 3 is 2.67 bits per heavy atom. The molecule has 0 bridgehead atoms. The molecule has 0 spiro atoms. The quantitative estimate of drug-likeness (QED) is 0.861. The van der Waals surface area contributed by atoms with Crippen LogP contribution in [0.3, 0.4) is 0 Å². The van der Waals surface area contributed by atoms with Gasteiger partial charge in [0.15, 0.2) is 0 Å². The number of aryl methyl sites for hydroxylation is 1. The van der Waals surface area contributed by atoms with Crippen molar-refractivity contribution >= 4 is 23.4 Å². The number of nitrogen functional groups attached to an aromatic ring is 1. The molecule has 2 N–H and O–H groups in total. The maximum Gasteiger partial charge on any atom is 0.340 e. The first-order chi connectivity index (χ1) is 10.0. The number of carbonyl (C=O) groups excluding carboxylic acids is 1. The zero-order chi connectivity index (χ0) is 15.6. The lowest BCUT2D eigenvalue weighted by molar-refractivity contribution is 0.0600. The number of nitrogens with zero attached hydrogens (tertiary/aromatic N) is 2. The fourth-order valence-electron chi connectivity index (χ4n) is 2.12. The molecule has 0 aliphatic carbocycles. The molecule has 0 unspecified atom stereocenters. The Morgan fingerprint density at radius 2 is 2.10 bits per heavy atom. The monoisotopic (exact) mass is 301 g/mol. The smallest absolute Gasteiger partial charge is 0.340 e. The van der Waals surface area contributed by atoms with Crippen molar-refractivity contribution in [1.29, 1.82) is 5.26 Å². The minimum atomic E-state index is -0.591. The van der Waals surface area contributed by atoms with Gasteiger partial charge in [-0.05, 0) is 13.0 Å². The topological polar surface area (TPSA) is 89.0 Å². The molecule has 106 valence electrons. The number of hydrogen-bond donors (Lipinski definition) is 1. The lowest BCUT2D eigenvalue weighted by Gasteiger charge is -2.15. The first kappa shape index (κ1) is 14.8. The highest BCUT2D eigenvalue weighted by atomic mass is 35.5. The molecule has 2 aromatic rings. The van der Waals surface area contributed by atoms with Crippen molar-refractivity contribution in [3.63, 3.8) is 0 Å². The molecule has 2 rings (SSSR count). The molecular formula is C15H12ClN3O2. The lowest BCUT2D eigenvalue weighted by Crippen LogP contribution is -2.12. The number of rotatable bonds is 2. The largest absolute Gasteiger partial charge is 0.465 e. The first-order valence-corrected chi connectivity index (χ1v) is 6.42. The van der Waals surface area contributed by atoms with Crippen molar-refractivity contribution in [1.82, 2.24) is 4.98 Å². The van der Waals surface area contributed by atoms with Gasteiger partial charge in [-0.25, -0.2) is 9.78 Å². The number of anilines is 1. The molecule has 1 heterocycles. The standard InChI is InChI=1S/C15H12ClN3O2/c1-8-12(15(20)21-2)13(10(7-17)14(18)19-8)9-5-3-4-6-11(9)16/h3-6H,1-2H3,(H2,18,19). The van der Waals surface area contributed by atoms with Crippen LogP contribution in [0.25, 0.3) is 11.1 Å². The lowest BCUT2D eigenvalue weighted by atomic mass is 9.94. The van der Waals surface area contributed by atoms with E-state index in [9.17, 15) is 10.1 Å². The highest BCUT2D eigenvalue weighted by Gasteiger charge is 2.24. The molecule has 0 saturated heterocycles. The molecule has 0 atom stereocenters. The third-order valence-corrected chi connectivity index (χ3v) is 3.38. The Bertz CT molecular complexity index is 766. The SMILES string of the molecule is COC(=O)c1c(C)nc(N)c(C#N)c1-c1ccccc1Cl. The van der Waals surface area contributed by atoms with E-state index in [1.54, 1.807) is 31.2 Å². The number of methoxy groups -OCH3 is 1. The zero-order valence-electron chi connectivity index (χ0n) is 11.5. The van der Waals surface area contributed by atoms with Crippen LogP contribution < -0.4 is 5.73 Å². The van der Waals surface area contributed by atoms with Crippen molar-refractivity contribution in [2.75, 3.05) is 12.8 Å². The Kier molecular flexibility index (Phi) is 4.10. The average Bonchev–Trinajstić information content (AvgIpc) is 2.46. The third-order valence-electron chi connectivity index (χ3n) is 3.05. The van der Waals surface area contributed by atoms with Gasteiger partial charge in [0.25, 0.3) is 0 Å². The number of hydrogen-bond acceptors (Lipinski definition) is 5. The van der Waals surface area contributed by atoms with Crippen molar-refractivity contribution in [3.05, 3.63) is 46.1 Å². The number of nitriles is 1. The van der Waals surface area contributed by atoms with Crippen LogP contribution in [0.5, 0.6) is 0 Å². The van der Waals surface area contributed by atoms with Gasteiger partial charge in [0, 0.05) is 16.1 Å². The van der Waals surface area contributed by atoms with Crippen molar-refractivity contribution in [2.45, 2.75) is 6.92 Å². The second-order valence-electron chi connectivity index (χ2n) is 4.29. The second kappa shape index (κ2) is 5.81. The number of pyridine rings is 1. The van der Waals surface area contributed by atoms with E-state index in [-0.39, 0.29) is 16.9 Å². The molecule has 21 heavy (non-hydrogen) atoms. The van der Waals surface area contributed by atoms with Gasteiger partial charge in [-0.15, -0.1) is 0 Å². The van der Waals surface area contributed by atoms with Gasteiger partial charge in [0.05, 0.1) is 18.4 Å². The van der Waals surface area contributed by atoms with Gasteiger partial charge < -0.3 is 10.5 Å². The zero-order valence-corrected chi connectivity index (χ0v) is 12.2. The van der Waals surface area contributed by atoms with Crippen LogP contribution in [-0.4, -0.2) is 18.1 Å². The molecule has 0 aliphatic rings. The highest BCUT2D eigenvalue weighted by Crippen LogP contribution is 2.36. The summed E-state index contributed by atoms with van der Waals surface area (Å²) in [6.07, 6.45) is 0. The molecule has 1 aromatic heterocycles. The number of halogens is 1. The predicted molar refractivity (Wildman–Crippen MR) is 79.9 cm³/mol. The van der Waals surface area contributed by atoms with Crippen molar-refractivity contribution in [2.24, 2.45) is 0 Å². The fourth-order valence-corrected chi connectivity index (χ4v) is 2.35. The molecular weight excluding hydrogens is 290 g/mol. The van der Waals surface area contributed by atoms with E-state index < -0.39 is 5.97 Å². The molecule has 0 aliphatic heterocycles. The summed E-state index contributed by atoms with van der Waals surface area (Å²) in [6.45, 7) is 1.63. The van der Waals surface area contributed by atoms with Gasteiger partial charge in [0.2, 0.25) is 0 Å². The molecule has 0 amide bonds. The minimum absolute atomic E-state index is 0.0533. The number of carbonyl (C=O) groups is 1. The number of benzene rings is 1. The van der Waals surface area contributed by atoms with Crippen LogP contribution in [-0.2, 0) is 4.74 Å². The highest BCUT2D eigenvalue weighted by molar-refractivity contribution is 6.33. The summed E-state index contributed by atoms with van der Waals surface area (Å²) in [7, 11) is 1.26. The van der Waals surface area contributed by atoms with E-state index in [0.29, 0.717) is 21.8 Å². The van der Waals surface area contributed by atoms with Crippen LogP contribution in [0.15, 0.2) is 24.3 Å². The number of aromatic nitrogens is 1. The van der Waals surface area contributed by atoms with E-state index in [0.717, 1.165) is 0 Å². The molecule has 0 saturated carbocycles. The Hall–Kier alpha value is -2.58. The Labute approximate surface area is 126 Å². The van der Waals surface area contributed by atoms with E-state index in [1.807, 2.05) is 6.07 Å². The summed E-state index contributed by atoms with van der Waals surface area (Å²) >= 11 is 6.19. The number of esters is 1. The summed E-state index contributed by atoms with van der Waals surface area (Å²) in [5, 5.41) is 9.76. The molecule has 0 fully saturated rings. The Morgan fingerprint density at radius 1 is 1.43 bits per heavy atom. The predicted octanol–water partition coefficient (Wildman–Crippen LogP) is 2.95.